The topological polar surface area (TPSA) is 47.7 Å². The van der Waals surface area contributed by atoms with Gasteiger partial charge in [-0.3, -0.25) is 4.90 Å². The third-order valence-electron chi connectivity index (χ3n) is 4.81. The maximum absolute atomic E-state index is 6.01. The Hall–Kier alpha value is -1.10. The van der Waals surface area contributed by atoms with Gasteiger partial charge < -0.3 is 15.2 Å². The van der Waals surface area contributed by atoms with Crippen LogP contribution >= 0.6 is 0 Å². The van der Waals surface area contributed by atoms with Crippen LogP contribution in [-0.4, -0.2) is 49.4 Å². The number of benzene rings is 1. The maximum Gasteiger partial charge on any atom is 0.119 e. The molecule has 1 aromatic rings. The number of hydrogen-bond acceptors (Lipinski definition) is 4. The van der Waals surface area contributed by atoms with E-state index in [4.69, 9.17) is 15.2 Å². The van der Waals surface area contributed by atoms with E-state index in [9.17, 15) is 0 Å². The Morgan fingerprint density at radius 2 is 2.29 bits per heavy atom. The van der Waals surface area contributed by atoms with Crippen molar-refractivity contribution < 1.29 is 9.47 Å². The van der Waals surface area contributed by atoms with Crippen molar-refractivity contribution in [2.24, 2.45) is 5.73 Å². The summed E-state index contributed by atoms with van der Waals surface area (Å²) in [7, 11) is 0. The molecule has 1 atom stereocenters. The number of likely N-dealkylation sites (tertiary alicyclic amines) is 1. The molecule has 4 nitrogen and oxygen atoms in total. The highest BCUT2D eigenvalue weighted by molar-refractivity contribution is 5.29. The second-order valence-electron chi connectivity index (χ2n) is 6.32. The molecule has 1 unspecified atom stereocenters. The summed E-state index contributed by atoms with van der Waals surface area (Å²) < 4.78 is 11.3. The minimum atomic E-state index is 0.236. The molecule has 2 N–H and O–H groups in total. The molecule has 2 heterocycles. The molecule has 2 aliphatic rings. The zero-order valence-electron chi connectivity index (χ0n) is 12.9. The van der Waals surface area contributed by atoms with E-state index in [1.165, 1.54) is 18.5 Å². The number of nitrogens with two attached hydrogens (primary N) is 1. The van der Waals surface area contributed by atoms with Crippen molar-refractivity contribution in [3.63, 3.8) is 0 Å². The van der Waals surface area contributed by atoms with Gasteiger partial charge in [0.05, 0.1) is 18.8 Å². The Kier molecular flexibility index (Phi) is 4.48. The Morgan fingerprint density at radius 3 is 2.90 bits per heavy atom. The van der Waals surface area contributed by atoms with Gasteiger partial charge in [-0.2, -0.15) is 0 Å². The lowest BCUT2D eigenvalue weighted by atomic mass is 9.83. The molecular formula is C17H26N2O2. The van der Waals surface area contributed by atoms with Gasteiger partial charge >= 0.3 is 0 Å². The van der Waals surface area contributed by atoms with Crippen molar-refractivity contribution in [3.8, 4) is 5.75 Å². The molecule has 3 rings (SSSR count). The van der Waals surface area contributed by atoms with E-state index in [1.807, 2.05) is 6.07 Å². The van der Waals surface area contributed by atoms with Gasteiger partial charge in [-0.1, -0.05) is 19.1 Å². The molecular weight excluding hydrogens is 264 g/mol. The molecule has 0 bridgehead atoms. The fraction of sp³-hybridized carbons (Fsp3) is 0.647. The maximum atomic E-state index is 6.01. The summed E-state index contributed by atoms with van der Waals surface area (Å²) in [5.41, 5.74) is 7.63. The highest BCUT2D eigenvalue weighted by Gasteiger charge is 2.50. The Bertz CT molecular complexity index is 468. The van der Waals surface area contributed by atoms with Crippen LogP contribution in [0.3, 0.4) is 0 Å². The first-order valence-electron chi connectivity index (χ1n) is 8.02. The molecule has 1 aromatic carbocycles. The number of rotatable bonds is 7. The molecule has 0 amide bonds. The first-order valence-corrected chi connectivity index (χ1v) is 8.02. The van der Waals surface area contributed by atoms with Crippen LogP contribution in [-0.2, 0) is 11.2 Å². The molecule has 116 valence electrons. The first kappa shape index (κ1) is 14.8. The predicted octanol–water partition coefficient (Wildman–Crippen LogP) is 1.82. The van der Waals surface area contributed by atoms with Crippen LogP contribution in [0, 0.1) is 0 Å². The van der Waals surface area contributed by atoms with Crippen molar-refractivity contribution in [3.05, 3.63) is 29.8 Å². The molecule has 21 heavy (non-hydrogen) atoms. The summed E-state index contributed by atoms with van der Waals surface area (Å²) in [5.74, 6) is 0.954. The van der Waals surface area contributed by atoms with Crippen molar-refractivity contribution >= 4 is 0 Å². The molecule has 2 aliphatic heterocycles. The first-order chi connectivity index (χ1) is 10.2. The van der Waals surface area contributed by atoms with E-state index in [0.717, 1.165) is 45.0 Å². The van der Waals surface area contributed by atoms with E-state index < -0.39 is 0 Å². The quantitative estimate of drug-likeness (QED) is 0.832. The average molecular weight is 290 g/mol. The second-order valence-corrected chi connectivity index (χ2v) is 6.32. The lowest BCUT2D eigenvalue weighted by molar-refractivity contribution is -0.193. The minimum Gasteiger partial charge on any atom is -0.492 e. The van der Waals surface area contributed by atoms with E-state index in [0.29, 0.717) is 5.54 Å². The van der Waals surface area contributed by atoms with Gasteiger partial charge in [0.25, 0.3) is 0 Å². The minimum absolute atomic E-state index is 0.236. The Labute approximate surface area is 127 Å². The van der Waals surface area contributed by atoms with E-state index in [2.05, 4.69) is 30.0 Å². The SMILES string of the molecule is CCC(N)Cc1cccc(OCCN2CCC23COC3)c1. The van der Waals surface area contributed by atoms with E-state index in [-0.39, 0.29) is 6.04 Å². The standard InChI is InChI=1S/C17H26N2O2/c1-2-15(18)10-14-4-3-5-16(11-14)21-9-8-19-7-6-17(19)12-20-13-17/h3-5,11,15H,2,6-10,12-13,18H2,1H3. The normalized spacial score (nSPS) is 21.6. The zero-order chi connectivity index (χ0) is 14.7. The second kappa shape index (κ2) is 6.34. The smallest absolute Gasteiger partial charge is 0.119 e. The van der Waals surface area contributed by atoms with Crippen molar-refractivity contribution in [2.75, 3.05) is 32.9 Å². The lowest BCUT2D eigenvalue weighted by Crippen LogP contribution is -2.71. The van der Waals surface area contributed by atoms with Gasteiger partial charge in [-0.05, 0) is 37.0 Å². The van der Waals surface area contributed by atoms with Gasteiger partial charge in [-0.25, -0.2) is 0 Å². The van der Waals surface area contributed by atoms with Gasteiger partial charge in [0.2, 0.25) is 0 Å². The van der Waals surface area contributed by atoms with E-state index >= 15 is 0 Å². The molecule has 4 heteroatoms. The Balaban J connectivity index is 1.45. The molecule has 0 aromatic heterocycles. The summed E-state index contributed by atoms with van der Waals surface area (Å²) in [6.45, 7) is 6.83. The fourth-order valence-electron chi connectivity index (χ4n) is 3.08. The average Bonchev–Trinajstić information content (AvgIpc) is 2.41. The third-order valence-corrected chi connectivity index (χ3v) is 4.81. The van der Waals surface area contributed by atoms with Crippen LogP contribution in [0.4, 0.5) is 0 Å². The molecule has 0 aliphatic carbocycles. The van der Waals surface area contributed by atoms with Crippen LogP contribution in [0.15, 0.2) is 24.3 Å². The molecule has 0 saturated carbocycles. The molecule has 2 fully saturated rings. The summed E-state index contributed by atoms with van der Waals surface area (Å²) in [6.07, 6.45) is 3.20. The summed E-state index contributed by atoms with van der Waals surface area (Å²) in [5, 5.41) is 0. The lowest BCUT2D eigenvalue weighted by Gasteiger charge is -2.57. The molecule has 0 radical (unpaired) electrons. The highest BCUT2D eigenvalue weighted by Crippen LogP contribution is 2.36. The van der Waals surface area contributed by atoms with Crippen LogP contribution in [0.5, 0.6) is 5.75 Å². The monoisotopic (exact) mass is 290 g/mol. The number of hydrogen-bond donors (Lipinski definition) is 1. The van der Waals surface area contributed by atoms with Gasteiger partial charge in [-0.15, -0.1) is 0 Å². The third kappa shape index (κ3) is 3.23. The van der Waals surface area contributed by atoms with Crippen molar-refractivity contribution in [1.82, 2.24) is 4.90 Å². The van der Waals surface area contributed by atoms with Crippen LogP contribution in [0.25, 0.3) is 0 Å². The zero-order valence-corrected chi connectivity index (χ0v) is 12.9. The Morgan fingerprint density at radius 1 is 1.43 bits per heavy atom. The van der Waals surface area contributed by atoms with Crippen molar-refractivity contribution in [2.45, 2.75) is 37.8 Å². The van der Waals surface area contributed by atoms with Gasteiger partial charge in [0, 0.05) is 19.1 Å². The fourth-order valence-corrected chi connectivity index (χ4v) is 3.08. The summed E-state index contributed by atoms with van der Waals surface area (Å²) >= 11 is 0. The van der Waals surface area contributed by atoms with Crippen molar-refractivity contribution in [1.29, 1.82) is 0 Å². The van der Waals surface area contributed by atoms with Crippen LogP contribution in [0.1, 0.15) is 25.3 Å². The largest absolute Gasteiger partial charge is 0.492 e. The summed E-state index contributed by atoms with van der Waals surface area (Å²) in [6, 6.07) is 8.56. The van der Waals surface area contributed by atoms with E-state index in [1.54, 1.807) is 0 Å². The number of nitrogens with zero attached hydrogens (tertiary/aromatic N) is 1. The van der Waals surface area contributed by atoms with Gasteiger partial charge in [0.1, 0.15) is 12.4 Å². The highest BCUT2D eigenvalue weighted by atomic mass is 16.5. The number of ether oxygens (including phenoxy) is 2. The molecule has 1 spiro atoms. The van der Waals surface area contributed by atoms with Crippen LogP contribution in [0.2, 0.25) is 0 Å². The van der Waals surface area contributed by atoms with Gasteiger partial charge in [0.15, 0.2) is 0 Å². The van der Waals surface area contributed by atoms with Crippen LogP contribution < -0.4 is 10.5 Å². The predicted molar refractivity (Wildman–Crippen MR) is 83.6 cm³/mol. The molecule has 2 saturated heterocycles. The summed E-state index contributed by atoms with van der Waals surface area (Å²) in [4.78, 5) is 2.49.